The van der Waals surface area contributed by atoms with Crippen LogP contribution in [-0.2, 0) is 0 Å². The molecule has 0 saturated carbocycles. The Morgan fingerprint density at radius 2 is 1.80 bits per heavy atom. The minimum atomic E-state index is 0. The molecule has 3 heteroatoms. The second kappa shape index (κ2) is 8.88. The van der Waals surface area contributed by atoms with Gasteiger partial charge in [-0.2, -0.15) is 0 Å². The lowest BCUT2D eigenvalue weighted by atomic mass is 11.7. The molecule has 0 saturated heterocycles. The number of hydrogen-bond acceptors (Lipinski definition) is 2. The predicted molar refractivity (Wildman–Crippen MR) is 19.9 cm³/mol. The second-order valence-electron chi connectivity index (χ2n) is 0.256. The molecule has 2 nitrogen and oxygen atoms in total. The van der Waals surface area contributed by atoms with Crippen LogP contribution in [-0.4, -0.2) is 5.11 Å². The van der Waals surface area contributed by atoms with Gasteiger partial charge in [-0.3, -0.25) is 0 Å². The number of nitrogens with two attached hydrogens (primary N) is 1. The number of hydrogen-bond donors (Lipinski definition) is 2. The van der Waals surface area contributed by atoms with Crippen LogP contribution in [0.4, 0.5) is 0 Å². The van der Waals surface area contributed by atoms with Crippen LogP contribution in [0.15, 0.2) is 0 Å². The molecule has 0 aliphatic carbocycles. The van der Waals surface area contributed by atoms with Crippen molar-refractivity contribution in [2.24, 2.45) is 5.73 Å². The summed E-state index contributed by atoms with van der Waals surface area (Å²) in [6, 6.07) is 0. The van der Waals surface area contributed by atoms with Gasteiger partial charge in [0.15, 0.2) is 6.61 Å². The summed E-state index contributed by atoms with van der Waals surface area (Å²) in [6.45, 7) is 3.19. The van der Waals surface area contributed by atoms with Gasteiger partial charge >= 0.3 is 0 Å². The van der Waals surface area contributed by atoms with Crippen LogP contribution in [0.2, 0.25) is 0 Å². The van der Waals surface area contributed by atoms with E-state index in [1.807, 2.05) is 0 Å². The van der Waals surface area contributed by atoms with Gasteiger partial charge in [0, 0.05) is 0 Å². The van der Waals surface area contributed by atoms with Gasteiger partial charge in [0.1, 0.15) is 0 Å². The minimum absolute atomic E-state index is 0. The smallest absolute Gasteiger partial charge is 0.154 e. The Morgan fingerprint density at radius 1 is 1.60 bits per heavy atom. The fourth-order valence-electron chi connectivity index (χ4n) is 0. The third-order valence-corrected chi connectivity index (χ3v) is 0.0645. The SMILES string of the molecule is Cl.N[13C][13C]O. The van der Waals surface area contributed by atoms with E-state index >= 15 is 0 Å². The summed E-state index contributed by atoms with van der Waals surface area (Å²) in [5, 5.41) is 7.39. The van der Waals surface area contributed by atoms with Crippen LogP contribution in [0.3, 0.4) is 0 Å². The molecule has 0 unspecified atom stereocenters. The number of aliphatic hydroxyl groups is 1. The zero-order chi connectivity index (χ0) is 3.41. The fraction of sp³-hybridized carbons (Fsp3) is 0. The maximum Gasteiger partial charge on any atom is 0.154 e. The summed E-state index contributed by atoms with van der Waals surface area (Å²) in [6.07, 6.45) is 0. The maximum atomic E-state index is 7.39. The van der Waals surface area contributed by atoms with Crippen molar-refractivity contribution in [1.29, 1.82) is 0 Å². The third kappa shape index (κ3) is 14.0. The molecule has 0 aromatic carbocycles. The first-order valence-corrected chi connectivity index (χ1v) is 0.762. The van der Waals surface area contributed by atoms with Crippen LogP contribution in [0, 0.1) is 13.2 Å². The highest BCUT2D eigenvalue weighted by Crippen LogP contribution is 1.55. The van der Waals surface area contributed by atoms with Crippen LogP contribution in [0.5, 0.6) is 0 Å². The van der Waals surface area contributed by atoms with E-state index in [4.69, 9.17) is 5.11 Å². The normalized spacial score (nSPS) is 6.00. The van der Waals surface area contributed by atoms with E-state index in [1.165, 1.54) is 6.61 Å². The van der Waals surface area contributed by atoms with Crippen molar-refractivity contribution in [3.05, 3.63) is 13.2 Å². The van der Waals surface area contributed by atoms with Crippen molar-refractivity contribution >= 4 is 12.4 Å². The molecule has 0 fully saturated rings. The highest BCUT2D eigenvalue weighted by atomic mass is 35.5. The van der Waals surface area contributed by atoms with Gasteiger partial charge in [0.25, 0.3) is 0 Å². The molecule has 0 heterocycles. The van der Waals surface area contributed by atoms with Crippen molar-refractivity contribution in [2.75, 3.05) is 0 Å². The number of aliphatic hydroxyl groups excluding tert-OH is 1. The standard InChI is InChI=1S/C2H3NO.ClH/c3-1-2-4;/h4H,3H2;1H/i1+1,2+1;. The molecule has 0 aromatic rings. The van der Waals surface area contributed by atoms with Gasteiger partial charge in [-0.15, -0.1) is 12.4 Å². The van der Waals surface area contributed by atoms with Gasteiger partial charge in [-0.25, -0.2) is 0 Å². The Hall–Kier alpha value is 0.210. The molecule has 0 aliphatic rings. The Bertz CT molecular complexity index is 11.6. The van der Waals surface area contributed by atoms with Crippen molar-refractivity contribution in [3.8, 4) is 0 Å². The van der Waals surface area contributed by atoms with Gasteiger partial charge < -0.3 is 10.8 Å². The molecule has 0 aliphatic heterocycles. The minimum Gasteiger partial charge on any atom is -0.381 e. The first-order valence-electron chi connectivity index (χ1n) is 0.762. The van der Waals surface area contributed by atoms with Gasteiger partial charge in [-0.1, -0.05) is 0 Å². The fourth-order valence-corrected chi connectivity index (χ4v) is 0. The van der Waals surface area contributed by atoms with E-state index in [0.29, 0.717) is 0 Å². The second-order valence-corrected chi connectivity index (χ2v) is 0.256. The summed E-state index contributed by atoms with van der Waals surface area (Å²) < 4.78 is 0. The molecule has 0 aromatic heterocycles. The Kier molecular flexibility index (Phi) is 15.9. The highest BCUT2D eigenvalue weighted by molar-refractivity contribution is 5.85. The van der Waals surface area contributed by atoms with Crippen LogP contribution < -0.4 is 5.73 Å². The van der Waals surface area contributed by atoms with Crippen molar-refractivity contribution in [1.82, 2.24) is 0 Å². The van der Waals surface area contributed by atoms with E-state index < -0.39 is 0 Å². The van der Waals surface area contributed by atoms with E-state index in [9.17, 15) is 0 Å². The van der Waals surface area contributed by atoms with Crippen molar-refractivity contribution < 1.29 is 5.11 Å². The molecule has 0 rings (SSSR count). The van der Waals surface area contributed by atoms with E-state index in [-0.39, 0.29) is 12.4 Å². The Balaban J connectivity index is 0. The summed E-state index contributed by atoms with van der Waals surface area (Å²) in [5.74, 6) is 0. The molecule has 5 heavy (non-hydrogen) atoms. The van der Waals surface area contributed by atoms with E-state index in [0.717, 1.165) is 0 Å². The summed E-state index contributed by atoms with van der Waals surface area (Å²) >= 11 is 0. The van der Waals surface area contributed by atoms with Gasteiger partial charge in [0.05, 0.1) is 6.54 Å². The Morgan fingerprint density at radius 3 is 1.80 bits per heavy atom. The summed E-state index contributed by atoms with van der Waals surface area (Å²) in [5.41, 5.74) is 4.42. The van der Waals surface area contributed by atoms with E-state index in [1.54, 1.807) is 6.54 Å². The topological polar surface area (TPSA) is 46.2 Å². The molecule has 0 bridgehead atoms. The molecule has 3 N–H and O–H groups in total. The number of halogens is 1. The molecular weight excluding hydrogens is 91.5 g/mol. The summed E-state index contributed by atoms with van der Waals surface area (Å²) in [4.78, 5) is 0. The largest absolute Gasteiger partial charge is 0.381 e. The molecular formula is C2H4ClNO. The molecule has 0 spiro atoms. The lowest BCUT2D eigenvalue weighted by Crippen LogP contribution is -1.86. The quantitative estimate of drug-likeness (QED) is 0.351. The van der Waals surface area contributed by atoms with Crippen LogP contribution >= 0.6 is 12.4 Å². The summed E-state index contributed by atoms with van der Waals surface area (Å²) in [7, 11) is 0. The van der Waals surface area contributed by atoms with Crippen LogP contribution in [0.25, 0.3) is 0 Å². The van der Waals surface area contributed by atoms with Gasteiger partial charge in [0.2, 0.25) is 0 Å². The van der Waals surface area contributed by atoms with Crippen LogP contribution in [0.1, 0.15) is 0 Å². The lowest BCUT2D eigenvalue weighted by molar-refractivity contribution is 0.407. The Labute approximate surface area is 37.4 Å². The third-order valence-electron chi connectivity index (χ3n) is 0.0645. The molecule has 30 valence electrons. The average Bonchev–Trinajstić information content (AvgIpc) is 1.37. The van der Waals surface area contributed by atoms with Gasteiger partial charge in [-0.05, 0) is 0 Å². The molecule has 4 radical (unpaired) electrons. The van der Waals surface area contributed by atoms with Crippen molar-refractivity contribution in [2.45, 2.75) is 0 Å². The zero-order valence-electron chi connectivity index (χ0n) is 2.43. The highest BCUT2D eigenvalue weighted by Gasteiger charge is 1.63. The van der Waals surface area contributed by atoms with Crippen molar-refractivity contribution in [3.63, 3.8) is 0 Å². The first-order chi connectivity index (χ1) is 1.91. The predicted octanol–water partition coefficient (Wildman–Crippen LogP) is -0.183. The molecule has 0 atom stereocenters. The molecule has 0 amide bonds. The average molecular weight is 95.5 g/mol. The van der Waals surface area contributed by atoms with E-state index in [2.05, 4.69) is 5.73 Å². The lowest BCUT2D eigenvalue weighted by Gasteiger charge is -1.65. The maximum absolute atomic E-state index is 7.39. The zero-order valence-corrected chi connectivity index (χ0v) is 3.25. The monoisotopic (exact) mass is 95.0 g/mol. The first kappa shape index (κ1) is 8.96. The number of rotatable bonds is 1.